The molecular formula is C22H27N5O5S. The van der Waals surface area contributed by atoms with Crippen LogP contribution in [0.2, 0.25) is 0 Å². The molecule has 2 heterocycles. The van der Waals surface area contributed by atoms with Crippen LogP contribution in [0.5, 0.6) is 0 Å². The molecule has 3 rings (SSSR count). The molecule has 0 radical (unpaired) electrons. The average molecular weight is 474 g/mol. The minimum Gasteiger partial charge on any atom is -0.480 e. The van der Waals surface area contributed by atoms with E-state index in [2.05, 4.69) is 20.9 Å². The highest BCUT2D eigenvalue weighted by Crippen LogP contribution is 2.22. The molecule has 0 saturated carbocycles. The number of carboxylic acids is 1. The summed E-state index contributed by atoms with van der Waals surface area (Å²) in [5.41, 5.74) is 1.74. The Morgan fingerprint density at radius 3 is 2.52 bits per heavy atom. The molecule has 33 heavy (non-hydrogen) atoms. The van der Waals surface area contributed by atoms with Gasteiger partial charge in [-0.3, -0.25) is 24.1 Å². The van der Waals surface area contributed by atoms with Crippen LogP contribution in [-0.2, 0) is 14.4 Å². The number of piperidine rings is 1. The summed E-state index contributed by atoms with van der Waals surface area (Å²) < 4.78 is 0. The van der Waals surface area contributed by atoms with E-state index in [9.17, 15) is 19.2 Å². The van der Waals surface area contributed by atoms with Crippen LogP contribution in [0.4, 0.5) is 10.8 Å². The maximum Gasteiger partial charge on any atom is 0.322 e. The summed E-state index contributed by atoms with van der Waals surface area (Å²) in [6, 6.07) is 6.23. The number of aromatic nitrogens is 1. The molecule has 1 atom stereocenters. The smallest absolute Gasteiger partial charge is 0.322 e. The second-order valence-corrected chi connectivity index (χ2v) is 9.13. The zero-order chi connectivity index (χ0) is 24.0. The molecule has 1 unspecified atom stereocenters. The molecule has 1 aliphatic rings. The van der Waals surface area contributed by atoms with E-state index in [1.165, 1.54) is 23.5 Å². The highest BCUT2D eigenvalue weighted by molar-refractivity contribution is 7.15. The van der Waals surface area contributed by atoms with Crippen LogP contribution in [0.25, 0.3) is 0 Å². The first-order valence-corrected chi connectivity index (χ1v) is 11.4. The number of aryl methyl sites for hydroxylation is 2. The van der Waals surface area contributed by atoms with E-state index < -0.39 is 18.4 Å². The van der Waals surface area contributed by atoms with Crippen molar-refractivity contribution >= 4 is 45.8 Å². The van der Waals surface area contributed by atoms with Gasteiger partial charge in [-0.2, -0.15) is 0 Å². The van der Waals surface area contributed by atoms with E-state index in [1.54, 1.807) is 12.1 Å². The highest BCUT2D eigenvalue weighted by atomic mass is 32.1. The summed E-state index contributed by atoms with van der Waals surface area (Å²) in [5.74, 6) is -2.18. The zero-order valence-corrected chi connectivity index (χ0v) is 19.3. The molecule has 10 nitrogen and oxygen atoms in total. The van der Waals surface area contributed by atoms with Crippen LogP contribution in [0.1, 0.15) is 33.8 Å². The molecule has 2 aromatic rings. The third-order valence-corrected chi connectivity index (χ3v) is 6.32. The van der Waals surface area contributed by atoms with E-state index >= 15 is 0 Å². The highest BCUT2D eigenvalue weighted by Gasteiger charge is 2.27. The maximum atomic E-state index is 12.7. The van der Waals surface area contributed by atoms with Crippen molar-refractivity contribution in [1.29, 1.82) is 0 Å². The van der Waals surface area contributed by atoms with Crippen molar-refractivity contribution in [3.05, 3.63) is 40.4 Å². The van der Waals surface area contributed by atoms with Crippen LogP contribution in [0.15, 0.2) is 24.3 Å². The fraction of sp³-hybridized carbons (Fsp3) is 0.409. The minimum absolute atomic E-state index is 0.144. The molecule has 176 valence electrons. The molecule has 0 aliphatic carbocycles. The molecule has 1 fully saturated rings. The minimum atomic E-state index is -1.13. The van der Waals surface area contributed by atoms with Crippen LogP contribution >= 0.6 is 11.3 Å². The van der Waals surface area contributed by atoms with E-state index in [1.807, 2.05) is 18.7 Å². The Bertz CT molecular complexity index is 1020. The lowest BCUT2D eigenvalue weighted by Gasteiger charge is -2.31. The number of carboxylic acid groups (broad SMARTS) is 1. The van der Waals surface area contributed by atoms with Gasteiger partial charge in [-0.05, 0) is 57.5 Å². The summed E-state index contributed by atoms with van der Waals surface area (Å²) in [5, 5.41) is 17.2. The first kappa shape index (κ1) is 24.3. The van der Waals surface area contributed by atoms with Crippen molar-refractivity contribution in [2.45, 2.75) is 26.7 Å². The number of likely N-dealkylation sites (tertiary alicyclic amines) is 1. The van der Waals surface area contributed by atoms with Gasteiger partial charge in [0.25, 0.3) is 5.91 Å². The van der Waals surface area contributed by atoms with Crippen molar-refractivity contribution in [3.63, 3.8) is 0 Å². The average Bonchev–Trinajstić information content (AvgIpc) is 3.09. The predicted octanol–water partition coefficient (Wildman–Crippen LogP) is 1.86. The van der Waals surface area contributed by atoms with Gasteiger partial charge in [-0.25, -0.2) is 4.98 Å². The van der Waals surface area contributed by atoms with Crippen LogP contribution in [-0.4, -0.2) is 64.9 Å². The van der Waals surface area contributed by atoms with Crippen molar-refractivity contribution in [2.24, 2.45) is 5.92 Å². The Kier molecular flexibility index (Phi) is 8.12. The molecule has 0 bridgehead atoms. The molecule has 1 aromatic heterocycles. The van der Waals surface area contributed by atoms with Crippen molar-refractivity contribution in [1.82, 2.24) is 15.2 Å². The molecule has 1 aromatic carbocycles. The largest absolute Gasteiger partial charge is 0.480 e. The van der Waals surface area contributed by atoms with Crippen molar-refractivity contribution in [2.75, 3.05) is 36.8 Å². The first-order valence-electron chi connectivity index (χ1n) is 10.6. The van der Waals surface area contributed by atoms with Gasteiger partial charge in [-0.1, -0.05) is 0 Å². The number of thiazole rings is 1. The molecule has 1 aliphatic heterocycles. The summed E-state index contributed by atoms with van der Waals surface area (Å²) >= 11 is 1.44. The zero-order valence-electron chi connectivity index (χ0n) is 18.5. The fourth-order valence-electron chi connectivity index (χ4n) is 3.51. The van der Waals surface area contributed by atoms with Gasteiger partial charge in [0.15, 0.2) is 5.13 Å². The van der Waals surface area contributed by atoms with Gasteiger partial charge >= 0.3 is 5.97 Å². The van der Waals surface area contributed by atoms with Crippen molar-refractivity contribution < 1.29 is 24.3 Å². The van der Waals surface area contributed by atoms with E-state index in [-0.39, 0.29) is 24.3 Å². The lowest BCUT2D eigenvalue weighted by molar-refractivity contribution is -0.135. The van der Waals surface area contributed by atoms with Crippen LogP contribution in [0.3, 0.4) is 0 Å². The van der Waals surface area contributed by atoms with Gasteiger partial charge < -0.3 is 21.1 Å². The monoisotopic (exact) mass is 473 g/mol. The molecule has 1 saturated heterocycles. The Balaban J connectivity index is 1.49. The quantitative estimate of drug-likeness (QED) is 0.459. The number of carbonyl (C=O) groups is 4. The number of aliphatic carboxylic acids is 1. The van der Waals surface area contributed by atoms with E-state index in [4.69, 9.17) is 5.11 Å². The number of benzene rings is 1. The van der Waals surface area contributed by atoms with E-state index in [0.29, 0.717) is 22.9 Å². The molecule has 11 heteroatoms. The summed E-state index contributed by atoms with van der Waals surface area (Å²) in [4.78, 5) is 54.9. The molecule has 3 amide bonds. The number of rotatable bonds is 8. The number of carbonyl (C=O) groups excluding carboxylic acids is 3. The number of hydrogen-bond acceptors (Lipinski definition) is 7. The number of nitrogens with zero attached hydrogens (tertiary/aromatic N) is 2. The van der Waals surface area contributed by atoms with Gasteiger partial charge in [-0.15, -0.1) is 11.3 Å². The number of nitrogens with one attached hydrogen (secondary N) is 3. The second kappa shape index (κ2) is 11.0. The third-order valence-electron chi connectivity index (χ3n) is 5.33. The Hall–Kier alpha value is -3.31. The summed E-state index contributed by atoms with van der Waals surface area (Å²) in [6.45, 7) is 4.81. The van der Waals surface area contributed by atoms with E-state index in [0.717, 1.165) is 30.0 Å². The second-order valence-electron chi connectivity index (χ2n) is 7.93. The van der Waals surface area contributed by atoms with Gasteiger partial charge in [0.1, 0.15) is 6.54 Å². The first-order chi connectivity index (χ1) is 15.7. The number of amides is 3. The molecule has 4 N–H and O–H groups in total. The Labute approximate surface area is 195 Å². The van der Waals surface area contributed by atoms with Gasteiger partial charge in [0.05, 0.1) is 18.2 Å². The maximum absolute atomic E-state index is 12.7. The third kappa shape index (κ3) is 7.09. The van der Waals surface area contributed by atoms with Crippen LogP contribution < -0.4 is 16.0 Å². The normalized spacial score (nSPS) is 16.1. The Morgan fingerprint density at radius 2 is 1.88 bits per heavy atom. The number of hydrogen-bond donors (Lipinski definition) is 4. The van der Waals surface area contributed by atoms with Gasteiger partial charge in [0, 0.05) is 22.7 Å². The predicted molar refractivity (Wildman–Crippen MR) is 124 cm³/mol. The SMILES string of the molecule is Cc1nc(NC(=O)CN2CCCC(C(=O)Nc3ccc(C(=O)NCC(=O)O)cc3)C2)sc1C. The Morgan fingerprint density at radius 1 is 1.15 bits per heavy atom. The van der Waals surface area contributed by atoms with Gasteiger partial charge in [0.2, 0.25) is 11.8 Å². The van der Waals surface area contributed by atoms with Crippen LogP contribution in [0, 0.1) is 19.8 Å². The topological polar surface area (TPSA) is 141 Å². The van der Waals surface area contributed by atoms with Crippen molar-refractivity contribution in [3.8, 4) is 0 Å². The standard InChI is InChI=1S/C22H27N5O5S/c1-13-14(2)33-22(24-13)26-18(28)12-27-9-3-4-16(11-27)21(32)25-17-7-5-15(6-8-17)20(31)23-10-19(29)30/h5-8,16H,3-4,9-12H2,1-2H3,(H,23,31)(H,25,32)(H,29,30)(H,24,26,28). The lowest BCUT2D eigenvalue weighted by atomic mass is 9.97. The summed E-state index contributed by atoms with van der Waals surface area (Å²) in [6.07, 6.45) is 1.54. The molecular weight excluding hydrogens is 446 g/mol. The number of anilines is 2. The fourth-order valence-corrected chi connectivity index (χ4v) is 4.34. The lowest BCUT2D eigenvalue weighted by Crippen LogP contribution is -2.44. The summed E-state index contributed by atoms with van der Waals surface area (Å²) in [7, 11) is 0. The molecule has 0 spiro atoms.